The van der Waals surface area contributed by atoms with Crippen molar-refractivity contribution in [2.75, 3.05) is 13.2 Å². The van der Waals surface area contributed by atoms with Crippen LogP contribution in [0, 0.1) is 0 Å². The van der Waals surface area contributed by atoms with Gasteiger partial charge in [-0.3, -0.25) is 0 Å². The van der Waals surface area contributed by atoms with Crippen molar-refractivity contribution in [1.29, 1.82) is 0 Å². The van der Waals surface area contributed by atoms with Gasteiger partial charge in [0.15, 0.2) is 5.79 Å². The molecule has 1 atom stereocenters. The van der Waals surface area contributed by atoms with Crippen molar-refractivity contribution >= 4 is 0 Å². The van der Waals surface area contributed by atoms with Crippen molar-refractivity contribution in [3.8, 4) is 0 Å². The van der Waals surface area contributed by atoms with Gasteiger partial charge in [-0.2, -0.15) is 0 Å². The van der Waals surface area contributed by atoms with Gasteiger partial charge in [0, 0.05) is 36.2 Å². The van der Waals surface area contributed by atoms with Crippen LogP contribution < -0.4 is 0 Å². The molecule has 118 valence electrons. The van der Waals surface area contributed by atoms with Crippen LogP contribution in [0.4, 0.5) is 0 Å². The Morgan fingerprint density at radius 3 is 2.48 bits per heavy atom. The molecule has 0 bridgehead atoms. The van der Waals surface area contributed by atoms with E-state index in [1.807, 2.05) is 0 Å². The molecule has 2 aliphatic rings. The van der Waals surface area contributed by atoms with Crippen LogP contribution in [0.1, 0.15) is 77.0 Å². The monoisotopic (exact) mass is 291 g/mol. The lowest BCUT2D eigenvalue weighted by atomic mass is 9.99. The second-order valence-corrected chi connectivity index (χ2v) is 7.94. The highest BCUT2D eigenvalue weighted by Gasteiger charge is 2.45. The second-order valence-electron chi connectivity index (χ2n) is 7.94. The molecule has 0 amide bonds. The molecule has 3 heteroatoms. The smallest absolute Gasteiger partial charge is 0.169 e. The minimum Gasteiger partial charge on any atom is -0.348 e. The molecule has 1 aromatic heterocycles. The Morgan fingerprint density at radius 1 is 1.24 bits per heavy atom. The molecule has 1 aromatic rings. The lowest BCUT2D eigenvalue weighted by Gasteiger charge is -2.27. The van der Waals surface area contributed by atoms with E-state index in [2.05, 4.69) is 51.4 Å². The lowest BCUT2D eigenvalue weighted by Crippen LogP contribution is -2.27. The summed E-state index contributed by atoms with van der Waals surface area (Å²) in [5, 5.41) is 0. The Balaban J connectivity index is 1.91. The molecule has 1 spiro atoms. The molecule has 1 aliphatic heterocycles. The van der Waals surface area contributed by atoms with Crippen LogP contribution in [0.3, 0.4) is 0 Å². The summed E-state index contributed by atoms with van der Waals surface area (Å²) >= 11 is 0. The molecule has 0 aromatic carbocycles. The third-order valence-electron chi connectivity index (χ3n) is 4.92. The second kappa shape index (κ2) is 5.13. The van der Waals surface area contributed by atoms with Crippen molar-refractivity contribution in [2.24, 2.45) is 0 Å². The van der Waals surface area contributed by atoms with Crippen LogP contribution in [0.25, 0.3) is 0 Å². The van der Waals surface area contributed by atoms with Gasteiger partial charge in [0.05, 0.1) is 13.2 Å². The fourth-order valence-electron chi connectivity index (χ4n) is 3.70. The highest BCUT2D eigenvalue weighted by molar-refractivity contribution is 5.27. The van der Waals surface area contributed by atoms with E-state index < -0.39 is 0 Å². The Kier molecular flexibility index (Phi) is 3.69. The van der Waals surface area contributed by atoms with Gasteiger partial charge < -0.3 is 14.0 Å². The standard InChI is InChI=1S/C18H29NO2/c1-13(2)15-10-16(19(12-15)17(3,4)5)14-6-7-18(11-14)20-8-9-21-18/h10,12-14H,6-9,11H2,1-5H3. The topological polar surface area (TPSA) is 23.4 Å². The first-order valence-corrected chi connectivity index (χ1v) is 8.31. The predicted octanol–water partition coefficient (Wildman–Crippen LogP) is 4.38. The summed E-state index contributed by atoms with van der Waals surface area (Å²) in [4.78, 5) is 0. The molecule has 1 saturated carbocycles. The highest BCUT2D eigenvalue weighted by atomic mass is 16.7. The average Bonchev–Trinajstić information content (AvgIpc) is 3.09. The van der Waals surface area contributed by atoms with Crippen molar-refractivity contribution in [2.45, 2.75) is 77.0 Å². The van der Waals surface area contributed by atoms with Crippen molar-refractivity contribution in [3.63, 3.8) is 0 Å². The summed E-state index contributed by atoms with van der Waals surface area (Å²) in [7, 11) is 0. The highest BCUT2D eigenvalue weighted by Crippen LogP contribution is 2.46. The van der Waals surface area contributed by atoms with Gasteiger partial charge in [-0.15, -0.1) is 0 Å². The van der Waals surface area contributed by atoms with E-state index in [1.165, 1.54) is 11.3 Å². The SMILES string of the molecule is CC(C)c1cc(C2CCC3(C2)OCCO3)n(C(C)(C)C)c1. The Hall–Kier alpha value is -0.800. The maximum absolute atomic E-state index is 5.90. The van der Waals surface area contributed by atoms with E-state index in [1.54, 1.807) is 0 Å². The van der Waals surface area contributed by atoms with Crippen molar-refractivity contribution in [3.05, 3.63) is 23.5 Å². The molecule has 2 heterocycles. The summed E-state index contributed by atoms with van der Waals surface area (Å²) in [5.74, 6) is 0.840. The summed E-state index contributed by atoms with van der Waals surface area (Å²) in [5.41, 5.74) is 3.02. The molecule has 0 N–H and O–H groups in total. The molecule has 2 fully saturated rings. The Morgan fingerprint density at radius 2 is 1.90 bits per heavy atom. The van der Waals surface area contributed by atoms with Gasteiger partial charge in [-0.1, -0.05) is 13.8 Å². The summed E-state index contributed by atoms with van der Waals surface area (Å²) in [6.45, 7) is 12.9. The van der Waals surface area contributed by atoms with E-state index in [0.717, 1.165) is 32.5 Å². The van der Waals surface area contributed by atoms with Gasteiger partial charge in [0.2, 0.25) is 0 Å². The molecule has 1 unspecified atom stereocenters. The molecular formula is C18H29NO2. The van der Waals surface area contributed by atoms with E-state index in [-0.39, 0.29) is 11.3 Å². The van der Waals surface area contributed by atoms with Gasteiger partial charge in [0.25, 0.3) is 0 Å². The molecule has 3 nitrogen and oxygen atoms in total. The lowest BCUT2D eigenvalue weighted by molar-refractivity contribution is -0.151. The van der Waals surface area contributed by atoms with Gasteiger partial charge in [-0.25, -0.2) is 0 Å². The van der Waals surface area contributed by atoms with Gasteiger partial charge in [0.1, 0.15) is 0 Å². The molecule has 3 rings (SSSR count). The zero-order chi connectivity index (χ0) is 15.3. The maximum atomic E-state index is 5.90. The summed E-state index contributed by atoms with van der Waals surface area (Å²) < 4.78 is 14.3. The first-order chi connectivity index (χ1) is 9.81. The van der Waals surface area contributed by atoms with Crippen molar-refractivity contribution < 1.29 is 9.47 Å². The zero-order valence-corrected chi connectivity index (χ0v) is 14.1. The minimum absolute atomic E-state index is 0.121. The largest absolute Gasteiger partial charge is 0.348 e. The first kappa shape index (κ1) is 15.1. The maximum Gasteiger partial charge on any atom is 0.169 e. The van der Waals surface area contributed by atoms with Crippen LogP contribution in [-0.2, 0) is 15.0 Å². The Labute approximate surface area is 128 Å². The third-order valence-corrected chi connectivity index (χ3v) is 4.92. The van der Waals surface area contributed by atoms with E-state index in [4.69, 9.17) is 9.47 Å². The van der Waals surface area contributed by atoms with E-state index >= 15 is 0 Å². The van der Waals surface area contributed by atoms with Crippen LogP contribution in [0.15, 0.2) is 12.3 Å². The van der Waals surface area contributed by atoms with Gasteiger partial charge >= 0.3 is 0 Å². The molecule has 1 saturated heterocycles. The van der Waals surface area contributed by atoms with Crippen LogP contribution in [0.2, 0.25) is 0 Å². The fourth-order valence-corrected chi connectivity index (χ4v) is 3.70. The van der Waals surface area contributed by atoms with Crippen LogP contribution in [-0.4, -0.2) is 23.6 Å². The molecular weight excluding hydrogens is 262 g/mol. The minimum atomic E-state index is -0.282. The predicted molar refractivity (Wildman–Crippen MR) is 84.7 cm³/mol. The number of aromatic nitrogens is 1. The first-order valence-electron chi connectivity index (χ1n) is 8.31. The normalized spacial score (nSPS) is 25.3. The number of rotatable bonds is 2. The number of hydrogen-bond donors (Lipinski definition) is 0. The van der Waals surface area contributed by atoms with Crippen molar-refractivity contribution in [1.82, 2.24) is 4.57 Å². The number of nitrogens with zero attached hydrogens (tertiary/aromatic N) is 1. The van der Waals surface area contributed by atoms with Crippen LogP contribution >= 0.6 is 0 Å². The third kappa shape index (κ3) is 2.78. The van der Waals surface area contributed by atoms with E-state index in [9.17, 15) is 0 Å². The quantitative estimate of drug-likeness (QED) is 0.807. The fraction of sp³-hybridized carbons (Fsp3) is 0.778. The molecule has 0 radical (unpaired) electrons. The summed E-state index contributed by atoms with van der Waals surface area (Å²) in [6, 6.07) is 2.41. The molecule has 1 aliphatic carbocycles. The molecule has 21 heavy (non-hydrogen) atoms. The van der Waals surface area contributed by atoms with Gasteiger partial charge in [-0.05, 0) is 44.7 Å². The van der Waals surface area contributed by atoms with Crippen LogP contribution in [0.5, 0.6) is 0 Å². The average molecular weight is 291 g/mol. The van der Waals surface area contributed by atoms with E-state index in [0.29, 0.717) is 11.8 Å². The summed E-state index contributed by atoms with van der Waals surface area (Å²) in [6.07, 6.45) is 5.55. The number of hydrogen-bond acceptors (Lipinski definition) is 2. The zero-order valence-electron chi connectivity index (χ0n) is 14.1. The Bertz CT molecular complexity index is 504. The number of ether oxygens (including phenoxy) is 2.